The molecule has 2 aromatic rings. The van der Waals surface area contributed by atoms with Gasteiger partial charge in [0, 0.05) is 24.8 Å². The van der Waals surface area contributed by atoms with Gasteiger partial charge in [0.25, 0.3) is 10.0 Å². The summed E-state index contributed by atoms with van der Waals surface area (Å²) in [6.07, 6.45) is 4.49. The highest BCUT2D eigenvalue weighted by Gasteiger charge is 2.29. The lowest BCUT2D eigenvalue weighted by molar-refractivity contribution is 0.345. The van der Waals surface area contributed by atoms with Crippen LogP contribution in [0.1, 0.15) is 19.3 Å². The summed E-state index contributed by atoms with van der Waals surface area (Å²) >= 11 is 0. The fourth-order valence-electron chi connectivity index (χ4n) is 2.66. The lowest BCUT2D eigenvalue weighted by atomic mass is 10.1. The molecular formula is C16H18N2O2S. The number of aromatic nitrogens is 1. The predicted octanol–water partition coefficient (Wildman–Crippen LogP) is 2.92. The zero-order valence-electron chi connectivity index (χ0n) is 11.8. The molecule has 110 valence electrons. The molecule has 1 aromatic heterocycles. The van der Waals surface area contributed by atoms with E-state index in [4.69, 9.17) is 0 Å². The van der Waals surface area contributed by atoms with Crippen molar-refractivity contribution in [3.8, 4) is 11.1 Å². The van der Waals surface area contributed by atoms with Gasteiger partial charge in [0.1, 0.15) is 0 Å². The molecule has 0 spiro atoms. The van der Waals surface area contributed by atoms with Gasteiger partial charge < -0.3 is 0 Å². The molecule has 0 amide bonds. The number of nitrogens with zero attached hydrogens (tertiary/aromatic N) is 2. The van der Waals surface area contributed by atoms with Crippen molar-refractivity contribution in [1.29, 1.82) is 0 Å². The molecule has 4 nitrogen and oxygen atoms in total. The van der Waals surface area contributed by atoms with Crippen molar-refractivity contribution < 1.29 is 8.42 Å². The quantitative estimate of drug-likeness (QED) is 0.876. The van der Waals surface area contributed by atoms with Crippen LogP contribution in [0, 0.1) is 0 Å². The van der Waals surface area contributed by atoms with Crippen LogP contribution in [0.4, 0.5) is 0 Å². The van der Waals surface area contributed by atoms with E-state index in [1.807, 2.05) is 36.4 Å². The van der Waals surface area contributed by atoms with E-state index in [1.54, 1.807) is 16.6 Å². The average Bonchev–Trinajstić information content (AvgIpc) is 2.56. The van der Waals surface area contributed by atoms with Gasteiger partial charge in [-0.1, -0.05) is 36.8 Å². The molecule has 2 heterocycles. The first-order valence-electron chi connectivity index (χ1n) is 7.20. The Morgan fingerprint density at radius 3 is 2.33 bits per heavy atom. The minimum atomic E-state index is -3.52. The lowest BCUT2D eigenvalue weighted by Crippen LogP contribution is -2.36. The van der Waals surface area contributed by atoms with Gasteiger partial charge in [-0.05, 0) is 30.5 Å². The van der Waals surface area contributed by atoms with E-state index in [1.165, 1.54) is 0 Å². The van der Waals surface area contributed by atoms with Crippen LogP contribution in [0.3, 0.4) is 0 Å². The van der Waals surface area contributed by atoms with Gasteiger partial charge in [-0.15, -0.1) is 0 Å². The van der Waals surface area contributed by atoms with E-state index < -0.39 is 10.0 Å². The first kappa shape index (κ1) is 14.2. The summed E-state index contributed by atoms with van der Waals surface area (Å²) in [4.78, 5) is 4.17. The Morgan fingerprint density at radius 1 is 0.905 bits per heavy atom. The molecule has 1 aromatic carbocycles. The van der Waals surface area contributed by atoms with Crippen LogP contribution in [0.15, 0.2) is 53.7 Å². The summed E-state index contributed by atoms with van der Waals surface area (Å²) in [5.74, 6) is 0. The van der Waals surface area contributed by atoms with Crippen molar-refractivity contribution >= 4 is 10.0 Å². The van der Waals surface area contributed by atoms with E-state index in [-0.39, 0.29) is 5.03 Å². The number of hydrogen-bond donors (Lipinski definition) is 0. The number of piperidine rings is 1. The zero-order chi connectivity index (χ0) is 14.7. The van der Waals surface area contributed by atoms with Crippen molar-refractivity contribution in [1.82, 2.24) is 9.29 Å². The van der Waals surface area contributed by atoms with E-state index in [0.717, 1.165) is 24.8 Å². The largest absolute Gasteiger partial charge is 0.261 e. The van der Waals surface area contributed by atoms with Gasteiger partial charge in [-0.3, -0.25) is 0 Å². The van der Waals surface area contributed by atoms with E-state index in [9.17, 15) is 8.42 Å². The van der Waals surface area contributed by atoms with E-state index in [2.05, 4.69) is 4.98 Å². The highest BCUT2D eigenvalue weighted by Crippen LogP contribution is 2.28. The molecule has 0 unspecified atom stereocenters. The van der Waals surface area contributed by atoms with Crippen molar-refractivity contribution in [2.75, 3.05) is 13.1 Å². The number of sulfonamides is 1. The van der Waals surface area contributed by atoms with Crippen molar-refractivity contribution in [3.63, 3.8) is 0 Å². The van der Waals surface area contributed by atoms with Crippen LogP contribution in [0.25, 0.3) is 11.1 Å². The minimum absolute atomic E-state index is 0.165. The molecular weight excluding hydrogens is 284 g/mol. The first-order chi connectivity index (χ1) is 10.2. The van der Waals surface area contributed by atoms with Crippen LogP contribution in [0.2, 0.25) is 0 Å². The van der Waals surface area contributed by atoms with Crippen LogP contribution >= 0.6 is 0 Å². The van der Waals surface area contributed by atoms with Gasteiger partial charge in [-0.2, -0.15) is 4.31 Å². The van der Waals surface area contributed by atoms with E-state index >= 15 is 0 Å². The molecule has 0 aliphatic carbocycles. The Balaban J connectivity index is 2.06. The molecule has 1 fully saturated rings. The Labute approximate surface area is 125 Å². The fraction of sp³-hybridized carbons (Fsp3) is 0.312. The summed E-state index contributed by atoms with van der Waals surface area (Å²) in [7, 11) is -3.52. The molecule has 3 rings (SSSR count). The maximum Gasteiger partial charge on any atom is 0.261 e. The summed E-state index contributed by atoms with van der Waals surface area (Å²) in [5.41, 5.74) is 1.55. The van der Waals surface area contributed by atoms with Crippen LogP contribution in [0.5, 0.6) is 0 Å². The minimum Gasteiger partial charge on any atom is -0.243 e. The van der Waals surface area contributed by atoms with Crippen molar-refractivity contribution in [3.05, 3.63) is 48.7 Å². The maximum absolute atomic E-state index is 12.8. The number of hydrogen-bond acceptors (Lipinski definition) is 3. The van der Waals surface area contributed by atoms with Gasteiger partial charge in [0.05, 0.1) is 0 Å². The Hall–Kier alpha value is -1.72. The highest BCUT2D eigenvalue weighted by atomic mass is 32.2. The van der Waals surface area contributed by atoms with Crippen LogP contribution in [-0.4, -0.2) is 30.8 Å². The number of pyridine rings is 1. The molecule has 5 heteroatoms. The third-order valence-corrected chi connectivity index (χ3v) is 5.61. The Morgan fingerprint density at radius 2 is 1.62 bits per heavy atom. The topological polar surface area (TPSA) is 50.3 Å². The predicted molar refractivity (Wildman–Crippen MR) is 82.3 cm³/mol. The smallest absolute Gasteiger partial charge is 0.243 e. The third kappa shape index (κ3) is 2.84. The van der Waals surface area contributed by atoms with Gasteiger partial charge >= 0.3 is 0 Å². The molecule has 0 radical (unpaired) electrons. The highest BCUT2D eigenvalue weighted by molar-refractivity contribution is 7.89. The van der Waals surface area contributed by atoms with Gasteiger partial charge in [0.2, 0.25) is 0 Å². The van der Waals surface area contributed by atoms with Crippen LogP contribution in [-0.2, 0) is 10.0 Å². The molecule has 1 aliphatic rings. The molecule has 1 aliphatic heterocycles. The summed E-state index contributed by atoms with van der Waals surface area (Å²) < 4.78 is 27.3. The molecule has 21 heavy (non-hydrogen) atoms. The number of benzene rings is 1. The molecule has 0 N–H and O–H groups in total. The summed E-state index contributed by atoms with van der Waals surface area (Å²) in [6, 6.07) is 13.1. The molecule has 0 saturated carbocycles. The second-order valence-electron chi connectivity index (χ2n) is 5.19. The van der Waals surface area contributed by atoms with E-state index in [0.29, 0.717) is 18.7 Å². The van der Waals surface area contributed by atoms with Gasteiger partial charge in [0.15, 0.2) is 5.03 Å². The Bertz CT molecular complexity index is 708. The normalized spacial score (nSPS) is 16.8. The average molecular weight is 302 g/mol. The summed E-state index contributed by atoms with van der Waals surface area (Å²) in [5, 5.41) is 0.165. The lowest BCUT2D eigenvalue weighted by Gasteiger charge is -2.26. The number of rotatable bonds is 3. The zero-order valence-corrected chi connectivity index (χ0v) is 12.6. The maximum atomic E-state index is 12.8. The van der Waals surface area contributed by atoms with Crippen LogP contribution < -0.4 is 0 Å². The fourth-order valence-corrected chi connectivity index (χ4v) is 4.30. The first-order valence-corrected chi connectivity index (χ1v) is 8.64. The third-order valence-electron chi connectivity index (χ3n) is 3.76. The Kier molecular flexibility index (Phi) is 4.03. The summed E-state index contributed by atoms with van der Waals surface area (Å²) in [6.45, 7) is 1.18. The molecule has 0 atom stereocenters. The monoisotopic (exact) mass is 302 g/mol. The van der Waals surface area contributed by atoms with Gasteiger partial charge in [-0.25, -0.2) is 13.4 Å². The standard InChI is InChI=1S/C16H18N2O2S/c19-21(20,18-12-5-2-6-13-18)16-15(10-7-11-17-16)14-8-3-1-4-9-14/h1,3-4,7-11H,2,5-6,12-13H2. The molecule has 1 saturated heterocycles. The van der Waals surface area contributed by atoms with Crippen molar-refractivity contribution in [2.24, 2.45) is 0 Å². The van der Waals surface area contributed by atoms with Crippen molar-refractivity contribution in [2.45, 2.75) is 24.3 Å². The second-order valence-corrected chi connectivity index (χ2v) is 7.04. The SMILES string of the molecule is O=S(=O)(c1ncccc1-c1ccccc1)N1CCCCC1. The second kappa shape index (κ2) is 5.95. The molecule has 0 bridgehead atoms.